The molecule has 0 spiro atoms. The minimum atomic E-state index is -0.521. The number of rotatable bonds is 6. The molecule has 3 aromatic rings. The number of carbonyl (C=O) groups excluding carboxylic acids is 1. The average molecular weight is 442 g/mol. The summed E-state index contributed by atoms with van der Waals surface area (Å²) in [5.74, 6) is 0.318. The molecule has 2 aromatic carbocycles. The Kier molecular flexibility index (Phi) is 5.51. The first kappa shape index (κ1) is 21.1. The van der Waals surface area contributed by atoms with Crippen LogP contribution in [0.2, 0.25) is 0 Å². The Morgan fingerprint density at radius 2 is 2.09 bits per heavy atom. The Morgan fingerprint density at radius 1 is 1.24 bits per heavy atom. The molecule has 0 radical (unpaired) electrons. The second-order valence-electron chi connectivity index (χ2n) is 8.59. The number of ether oxygens (including phenoxy) is 1. The number of halogens is 1. The Hall–Kier alpha value is -3.79. The highest BCUT2D eigenvalue weighted by atomic mass is 19.1. The van der Waals surface area contributed by atoms with Crippen LogP contribution in [0.5, 0.6) is 5.75 Å². The van der Waals surface area contributed by atoms with Crippen molar-refractivity contribution in [3.63, 3.8) is 0 Å². The molecule has 2 aliphatic rings. The van der Waals surface area contributed by atoms with E-state index in [4.69, 9.17) is 4.74 Å². The van der Waals surface area contributed by atoms with Gasteiger partial charge in [0.25, 0.3) is 0 Å². The summed E-state index contributed by atoms with van der Waals surface area (Å²) in [6.07, 6.45) is 5.05. The average Bonchev–Trinajstić information content (AvgIpc) is 3.47. The Balaban J connectivity index is 1.47. The molecule has 0 N–H and O–H groups in total. The molecular weight excluding hydrogens is 419 g/mol. The predicted octanol–water partition coefficient (Wildman–Crippen LogP) is 4.58. The van der Waals surface area contributed by atoms with Gasteiger partial charge < -0.3 is 9.64 Å². The van der Waals surface area contributed by atoms with Gasteiger partial charge in [-0.05, 0) is 55.0 Å². The van der Waals surface area contributed by atoms with Gasteiger partial charge >= 0.3 is 0 Å². The van der Waals surface area contributed by atoms with Crippen molar-refractivity contribution in [3.8, 4) is 23.2 Å². The maximum absolute atomic E-state index is 14.5. The molecule has 166 valence electrons. The molecule has 2 fully saturated rings. The molecule has 6 nitrogen and oxygen atoms in total. The third-order valence-corrected chi connectivity index (χ3v) is 6.65. The van der Waals surface area contributed by atoms with E-state index in [1.165, 1.54) is 31.9 Å². The van der Waals surface area contributed by atoms with Crippen molar-refractivity contribution in [1.82, 2.24) is 9.97 Å². The van der Waals surface area contributed by atoms with E-state index >= 15 is 0 Å². The largest absolute Gasteiger partial charge is 0.496 e. The molecule has 5 rings (SSSR count). The first-order valence-electron chi connectivity index (χ1n) is 11.1. The number of Topliss-reactive ketones (excluding diaryl/α,β-unsaturated/α-hetero) is 1. The van der Waals surface area contributed by atoms with Gasteiger partial charge in [-0.1, -0.05) is 18.2 Å². The SMILES string of the molecule is COc1cccc(F)c1-c1nccc(C(=O)Cc2cccc(C#N)c2N2C[C@@H]3CC[C@H]2C3)n1. The van der Waals surface area contributed by atoms with Gasteiger partial charge in [-0.3, -0.25) is 4.79 Å². The highest BCUT2D eigenvalue weighted by molar-refractivity contribution is 5.97. The smallest absolute Gasteiger partial charge is 0.185 e. The van der Waals surface area contributed by atoms with E-state index < -0.39 is 5.82 Å². The van der Waals surface area contributed by atoms with Gasteiger partial charge in [-0.25, -0.2) is 14.4 Å². The van der Waals surface area contributed by atoms with E-state index in [0.717, 1.165) is 30.6 Å². The summed E-state index contributed by atoms with van der Waals surface area (Å²) in [6.45, 7) is 0.926. The molecule has 1 saturated carbocycles. The zero-order valence-electron chi connectivity index (χ0n) is 18.3. The molecule has 0 unspecified atom stereocenters. The number of para-hydroxylation sites is 1. The number of nitriles is 1. The van der Waals surface area contributed by atoms with Crippen LogP contribution in [-0.4, -0.2) is 35.4 Å². The fourth-order valence-electron chi connectivity index (χ4n) is 5.15. The quantitative estimate of drug-likeness (QED) is 0.520. The Morgan fingerprint density at radius 3 is 2.82 bits per heavy atom. The van der Waals surface area contributed by atoms with Gasteiger partial charge in [0.05, 0.1) is 23.9 Å². The van der Waals surface area contributed by atoms with Crippen LogP contribution in [0.3, 0.4) is 0 Å². The summed E-state index contributed by atoms with van der Waals surface area (Å²) in [6, 6.07) is 14.3. The van der Waals surface area contributed by atoms with Crippen LogP contribution in [-0.2, 0) is 6.42 Å². The highest BCUT2D eigenvalue weighted by Crippen LogP contribution is 2.42. The minimum Gasteiger partial charge on any atom is -0.496 e. The fraction of sp³-hybridized carbons (Fsp3) is 0.308. The van der Waals surface area contributed by atoms with Crippen LogP contribution in [0, 0.1) is 23.1 Å². The summed E-state index contributed by atoms with van der Waals surface area (Å²) < 4.78 is 19.8. The normalized spacial score (nSPS) is 18.9. The van der Waals surface area contributed by atoms with Crippen molar-refractivity contribution < 1.29 is 13.9 Å². The highest BCUT2D eigenvalue weighted by Gasteiger charge is 2.39. The fourth-order valence-corrected chi connectivity index (χ4v) is 5.15. The lowest BCUT2D eigenvalue weighted by Gasteiger charge is -2.31. The number of piperidine rings is 1. The first-order valence-corrected chi connectivity index (χ1v) is 11.1. The number of hydrogen-bond donors (Lipinski definition) is 0. The van der Waals surface area contributed by atoms with Gasteiger partial charge in [-0.15, -0.1) is 0 Å². The Bertz CT molecular complexity index is 1270. The molecule has 2 bridgehead atoms. The number of ketones is 1. The number of hydrogen-bond acceptors (Lipinski definition) is 6. The zero-order valence-corrected chi connectivity index (χ0v) is 18.3. The standard InChI is InChI=1S/C26H23FN4O2/c1-33-23-7-3-6-20(27)24(23)26-29-11-10-21(30-26)22(32)13-17-4-2-5-18(14-28)25(17)31-15-16-8-9-19(31)12-16/h2-7,10-11,16,19H,8-9,12-13,15H2,1H3/t16-,19+/m1/s1. The molecule has 7 heteroatoms. The molecule has 33 heavy (non-hydrogen) atoms. The van der Waals surface area contributed by atoms with E-state index in [-0.39, 0.29) is 29.3 Å². The van der Waals surface area contributed by atoms with Crippen LogP contribution in [0.25, 0.3) is 11.4 Å². The molecule has 1 aromatic heterocycles. The Labute approximate surface area is 191 Å². The van der Waals surface area contributed by atoms with Crippen LogP contribution < -0.4 is 9.64 Å². The third kappa shape index (κ3) is 3.82. The van der Waals surface area contributed by atoms with Crippen molar-refractivity contribution in [2.24, 2.45) is 5.92 Å². The predicted molar refractivity (Wildman–Crippen MR) is 122 cm³/mol. The number of carbonyl (C=O) groups is 1. The number of methoxy groups -OCH3 is 1. The summed E-state index contributed by atoms with van der Waals surface area (Å²) in [7, 11) is 1.45. The van der Waals surface area contributed by atoms with Gasteiger partial charge in [0.2, 0.25) is 0 Å². The molecule has 1 saturated heterocycles. The van der Waals surface area contributed by atoms with Gasteiger partial charge in [-0.2, -0.15) is 5.26 Å². The second kappa shape index (κ2) is 8.62. The number of fused-ring (bicyclic) bond motifs is 2. The van der Waals surface area contributed by atoms with Crippen molar-refractivity contribution in [2.75, 3.05) is 18.6 Å². The van der Waals surface area contributed by atoms with Crippen LogP contribution >= 0.6 is 0 Å². The molecule has 2 heterocycles. The first-order chi connectivity index (χ1) is 16.1. The molecule has 0 amide bonds. The number of benzene rings is 2. The molecular formula is C26H23FN4O2. The van der Waals surface area contributed by atoms with Gasteiger partial charge in [0.1, 0.15) is 23.3 Å². The van der Waals surface area contributed by atoms with Crippen LogP contribution in [0.15, 0.2) is 48.7 Å². The summed E-state index contributed by atoms with van der Waals surface area (Å²) in [5.41, 5.74) is 2.59. The van der Waals surface area contributed by atoms with Gasteiger partial charge in [0.15, 0.2) is 11.6 Å². The van der Waals surface area contributed by atoms with E-state index in [2.05, 4.69) is 20.9 Å². The van der Waals surface area contributed by atoms with Gasteiger partial charge in [0, 0.05) is 25.2 Å². The minimum absolute atomic E-state index is 0.0960. The summed E-state index contributed by atoms with van der Waals surface area (Å²) in [4.78, 5) is 24.1. The zero-order chi connectivity index (χ0) is 22.9. The number of anilines is 1. The van der Waals surface area contributed by atoms with Crippen molar-refractivity contribution in [3.05, 3.63) is 71.3 Å². The lowest BCUT2D eigenvalue weighted by Crippen LogP contribution is -2.33. The van der Waals surface area contributed by atoms with E-state index in [1.54, 1.807) is 12.1 Å². The number of nitrogens with zero attached hydrogens (tertiary/aromatic N) is 4. The van der Waals surface area contributed by atoms with Crippen LogP contribution in [0.1, 0.15) is 40.9 Å². The second-order valence-corrected chi connectivity index (χ2v) is 8.59. The molecule has 2 atom stereocenters. The monoisotopic (exact) mass is 442 g/mol. The van der Waals surface area contributed by atoms with Crippen molar-refractivity contribution >= 4 is 11.5 Å². The maximum atomic E-state index is 14.5. The topological polar surface area (TPSA) is 79.1 Å². The maximum Gasteiger partial charge on any atom is 0.185 e. The lowest BCUT2D eigenvalue weighted by molar-refractivity contribution is 0.0988. The van der Waals surface area contributed by atoms with E-state index in [0.29, 0.717) is 23.3 Å². The summed E-state index contributed by atoms with van der Waals surface area (Å²) >= 11 is 0. The lowest BCUT2D eigenvalue weighted by atomic mass is 9.98. The molecule has 1 aliphatic heterocycles. The van der Waals surface area contributed by atoms with E-state index in [1.807, 2.05) is 18.2 Å². The van der Waals surface area contributed by atoms with Crippen molar-refractivity contribution in [2.45, 2.75) is 31.7 Å². The summed E-state index contributed by atoms with van der Waals surface area (Å²) in [5, 5.41) is 9.73. The number of aromatic nitrogens is 2. The van der Waals surface area contributed by atoms with E-state index in [9.17, 15) is 14.4 Å². The third-order valence-electron chi connectivity index (χ3n) is 6.65. The van der Waals surface area contributed by atoms with Crippen LogP contribution in [0.4, 0.5) is 10.1 Å². The van der Waals surface area contributed by atoms with Crippen molar-refractivity contribution in [1.29, 1.82) is 5.26 Å². The molecule has 1 aliphatic carbocycles.